The maximum Gasteiger partial charge on any atom is 0.224 e. The first-order chi connectivity index (χ1) is 12.1. The average molecular weight is 343 g/mol. The summed E-state index contributed by atoms with van der Waals surface area (Å²) in [6, 6.07) is 12.1. The van der Waals surface area contributed by atoms with E-state index in [0.717, 1.165) is 11.3 Å². The zero-order valence-electron chi connectivity index (χ0n) is 14.0. The van der Waals surface area contributed by atoms with Crippen LogP contribution >= 0.6 is 0 Å². The number of nitrogens with two attached hydrogens (primary N) is 1. The number of nitrogen functional groups attached to an aromatic ring is 1. The van der Waals surface area contributed by atoms with Crippen molar-refractivity contribution in [2.45, 2.75) is 12.8 Å². The van der Waals surface area contributed by atoms with E-state index in [2.05, 4.69) is 5.32 Å². The largest absolute Gasteiger partial charge is 0.399 e. The Balaban J connectivity index is 1.62. The molecule has 1 fully saturated rings. The lowest BCUT2D eigenvalue weighted by atomic mass is 10.1. The minimum atomic E-state index is -0.369. The van der Waals surface area contributed by atoms with Gasteiger partial charge in [-0.2, -0.15) is 0 Å². The first-order valence-electron chi connectivity index (χ1n) is 8.38. The van der Waals surface area contributed by atoms with Gasteiger partial charge in [0.2, 0.25) is 5.91 Å². The van der Waals surface area contributed by atoms with E-state index in [1.165, 1.54) is 12.1 Å². The molecule has 1 heterocycles. The van der Waals surface area contributed by atoms with Gasteiger partial charge < -0.3 is 20.7 Å². The van der Waals surface area contributed by atoms with Crippen LogP contribution in [0.15, 0.2) is 42.5 Å². The van der Waals surface area contributed by atoms with Crippen molar-refractivity contribution in [2.75, 3.05) is 42.3 Å². The number of nitrogens with one attached hydrogen (secondary N) is 1. The van der Waals surface area contributed by atoms with E-state index in [1.54, 1.807) is 6.07 Å². The average Bonchev–Trinajstić information content (AvgIpc) is 2.61. The molecule has 2 aromatic rings. The lowest BCUT2D eigenvalue weighted by Crippen LogP contribution is -2.36. The third kappa shape index (κ3) is 4.70. The smallest absolute Gasteiger partial charge is 0.224 e. The van der Waals surface area contributed by atoms with Gasteiger partial charge in [0, 0.05) is 36.6 Å². The molecule has 6 heteroatoms. The maximum absolute atomic E-state index is 13.9. The highest BCUT2D eigenvalue weighted by Crippen LogP contribution is 2.23. The maximum atomic E-state index is 13.9. The molecule has 1 aliphatic heterocycles. The molecule has 0 spiro atoms. The summed E-state index contributed by atoms with van der Waals surface area (Å²) in [5, 5.41) is 2.77. The molecule has 1 aliphatic rings. The van der Waals surface area contributed by atoms with Gasteiger partial charge in [-0.05, 0) is 36.2 Å². The van der Waals surface area contributed by atoms with Crippen LogP contribution in [0.5, 0.6) is 0 Å². The molecular formula is C19H22FN3O2. The minimum absolute atomic E-state index is 0.165. The Bertz CT molecular complexity index is 745. The summed E-state index contributed by atoms with van der Waals surface area (Å²) < 4.78 is 19.2. The van der Waals surface area contributed by atoms with Crippen LogP contribution in [0.1, 0.15) is 12.0 Å². The van der Waals surface area contributed by atoms with Crippen molar-refractivity contribution in [1.82, 2.24) is 0 Å². The number of para-hydroxylation sites is 1. The Labute approximate surface area is 146 Å². The highest BCUT2D eigenvalue weighted by Gasteiger charge is 2.14. The van der Waals surface area contributed by atoms with Gasteiger partial charge in [0.05, 0.1) is 13.2 Å². The van der Waals surface area contributed by atoms with Crippen LogP contribution in [-0.4, -0.2) is 32.2 Å². The van der Waals surface area contributed by atoms with Gasteiger partial charge in [0.1, 0.15) is 5.82 Å². The Morgan fingerprint density at radius 2 is 1.96 bits per heavy atom. The first kappa shape index (κ1) is 17.2. The number of carbonyl (C=O) groups is 1. The third-order valence-electron chi connectivity index (χ3n) is 4.22. The molecule has 2 aromatic carbocycles. The van der Waals surface area contributed by atoms with Gasteiger partial charge >= 0.3 is 0 Å². The second-order valence-electron chi connectivity index (χ2n) is 6.04. The fraction of sp³-hybridized carbons (Fsp3) is 0.316. The van der Waals surface area contributed by atoms with Gasteiger partial charge in [0.25, 0.3) is 0 Å². The van der Waals surface area contributed by atoms with Crippen molar-refractivity contribution in [1.29, 1.82) is 0 Å². The summed E-state index contributed by atoms with van der Waals surface area (Å²) in [6.07, 6.45) is 0.835. The number of benzene rings is 2. The van der Waals surface area contributed by atoms with Crippen molar-refractivity contribution >= 4 is 23.0 Å². The summed E-state index contributed by atoms with van der Waals surface area (Å²) in [5.74, 6) is -0.534. The molecule has 0 aliphatic carbocycles. The van der Waals surface area contributed by atoms with Crippen LogP contribution in [0.4, 0.5) is 21.5 Å². The molecule has 0 radical (unpaired) electrons. The van der Waals surface area contributed by atoms with Crippen molar-refractivity contribution in [2.24, 2.45) is 0 Å². The lowest BCUT2D eigenvalue weighted by molar-refractivity contribution is -0.116. The molecule has 3 N–H and O–H groups in total. The number of morpholine rings is 1. The SMILES string of the molecule is Nc1ccccc1CCC(=O)Nc1cc(F)cc(N2CCOCC2)c1. The second-order valence-corrected chi connectivity index (χ2v) is 6.04. The van der Waals surface area contributed by atoms with E-state index in [4.69, 9.17) is 10.5 Å². The molecule has 5 nitrogen and oxygen atoms in total. The van der Waals surface area contributed by atoms with E-state index in [0.29, 0.717) is 44.1 Å². The molecule has 0 atom stereocenters. The van der Waals surface area contributed by atoms with Gasteiger partial charge in [-0.3, -0.25) is 4.79 Å². The standard InChI is InChI=1S/C19H22FN3O2/c20-15-11-16(13-17(12-15)23-7-9-25-10-8-23)22-19(24)6-5-14-3-1-2-4-18(14)21/h1-4,11-13H,5-10,21H2,(H,22,24). The number of hydrogen-bond acceptors (Lipinski definition) is 4. The lowest BCUT2D eigenvalue weighted by Gasteiger charge is -2.29. The van der Waals surface area contributed by atoms with Crippen molar-refractivity contribution in [3.8, 4) is 0 Å². The van der Waals surface area contributed by atoms with Gasteiger partial charge in [-0.1, -0.05) is 18.2 Å². The van der Waals surface area contributed by atoms with Crippen molar-refractivity contribution < 1.29 is 13.9 Å². The molecule has 1 amide bonds. The first-order valence-corrected chi connectivity index (χ1v) is 8.38. The van der Waals surface area contributed by atoms with Crippen molar-refractivity contribution in [3.05, 3.63) is 53.8 Å². The van der Waals surface area contributed by atoms with E-state index in [9.17, 15) is 9.18 Å². The second kappa shape index (κ2) is 7.98. The molecule has 25 heavy (non-hydrogen) atoms. The number of ether oxygens (including phenoxy) is 1. The van der Waals surface area contributed by atoms with Crippen LogP contribution in [0.2, 0.25) is 0 Å². The monoisotopic (exact) mass is 343 g/mol. The molecule has 0 aromatic heterocycles. The number of nitrogens with zero attached hydrogens (tertiary/aromatic N) is 1. The molecule has 3 rings (SSSR count). The van der Waals surface area contributed by atoms with Crippen LogP contribution in [0, 0.1) is 5.82 Å². The number of carbonyl (C=O) groups excluding carboxylic acids is 1. The number of halogens is 1. The van der Waals surface area contributed by atoms with Gasteiger partial charge in [0.15, 0.2) is 0 Å². The summed E-state index contributed by atoms with van der Waals surface area (Å²) in [6.45, 7) is 2.67. The Morgan fingerprint density at radius 3 is 2.72 bits per heavy atom. The van der Waals surface area contributed by atoms with Crippen LogP contribution in [-0.2, 0) is 16.0 Å². The fourth-order valence-corrected chi connectivity index (χ4v) is 2.88. The number of aryl methyl sites for hydroxylation is 1. The van der Waals surface area contributed by atoms with E-state index >= 15 is 0 Å². The van der Waals surface area contributed by atoms with E-state index < -0.39 is 0 Å². The molecule has 0 saturated carbocycles. The Morgan fingerprint density at radius 1 is 1.20 bits per heavy atom. The quantitative estimate of drug-likeness (QED) is 0.819. The number of anilines is 3. The fourth-order valence-electron chi connectivity index (χ4n) is 2.88. The van der Waals surface area contributed by atoms with E-state index in [-0.39, 0.29) is 18.1 Å². The summed E-state index contributed by atoms with van der Waals surface area (Å²) in [4.78, 5) is 14.2. The summed E-state index contributed by atoms with van der Waals surface area (Å²) in [5.41, 5.74) is 8.72. The predicted octanol–water partition coefficient (Wildman–Crippen LogP) is 2.82. The third-order valence-corrected chi connectivity index (χ3v) is 4.22. The zero-order valence-corrected chi connectivity index (χ0v) is 14.0. The molecule has 1 saturated heterocycles. The van der Waals surface area contributed by atoms with Crippen LogP contribution in [0.25, 0.3) is 0 Å². The van der Waals surface area contributed by atoms with Gasteiger partial charge in [-0.25, -0.2) is 4.39 Å². The number of amides is 1. The normalized spacial score (nSPS) is 14.4. The topological polar surface area (TPSA) is 67.6 Å². The Kier molecular flexibility index (Phi) is 5.50. The van der Waals surface area contributed by atoms with Crippen molar-refractivity contribution in [3.63, 3.8) is 0 Å². The molecule has 132 valence electrons. The van der Waals surface area contributed by atoms with E-state index in [1.807, 2.05) is 29.2 Å². The minimum Gasteiger partial charge on any atom is -0.399 e. The molecule has 0 bridgehead atoms. The number of rotatable bonds is 5. The molecular weight excluding hydrogens is 321 g/mol. The zero-order chi connectivity index (χ0) is 17.6. The van der Waals surface area contributed by atoms with Crippen LogP contribution < -0.4 is 16.0 Å². The summed E-state index contributed by atoms with van der Waals surface area (Å²) in [7, 11) is 0. The number of hydrogen-bond donors (Lipinski definition) is 2. The summed E-state index contributed by atoms with van der Waals surface area (Å²) >= 11 is 0. The highest BCUT2D eigenvalue weighted by atomic mass is 19.1. The van der Waals surface area contributed by atoms with Gasteiger partial charge in [-0.15, -0.1) is 0 Å². The predicted molar refractivity (Wildman–Crippen MR) is 97.2 cm³/mol. The Hall–Kier alpha value is -2.60. The highest BCUT2D eigenvalue weighted by molar-refractivity contribution is 5.91. The van der Waals surface area contributed by atoms with Crippen LogP contribution in [0.3, 0.4) is 0 Å². The molecule has 0 unspecified atom stereocenters.